The standard InChI is InChI=1S/C19H18N6O2S/c1-12-11-17(26)24-16(22-12)7-10-21-18(27)25-19-23-13(2)15(28-19)4-3-14-5-8-20-9-6-14/h5-6,8-9,11H,7,10H2,1-2H3,(H,22,24,26)(H2,21,23,25,27). The molecule has 0 aliphatic rings. The van der Waals surface area contributed by atoms with Crippen LogP contribution in [0.1, 0.15) is 27.7 Å². The highest BCUT2D eigenvalue weighted by Crippen LogP contribution is 2.21. The van der Waals surface area contributed by atoms with Crippen molar-refractivity contribution in [3.63, 3.8) is 0 Å². The number of nitrogens with zero attached hydrogens (tertiary/aromatic N) is 3. The molecule has 28 heavy (non-hydrogen) atoms. The number of nitrogens with one attached hydrogen (secondary N) is 3. The highest BCUT2D eigenvalue weighted by Gasteiger charge is 2.09. The second kappa shape index (κ2) is 8.92. The van der Waals surface area contributed by atoms with Crippen LogP contribution in [0.2, 0.25) is 0 Å². The van der Waals surface area contributed by atoms with Gasteiger partial charge in [0.05, 0.1) is 5.69 Å². The third-order valence-electron chi connectivity index (χ3n) is 3.58. The van der Waals surface area contributed by atoms with Crippen molar-refractivity contribution in [1.29, 1.82) is 0 Å². The van der Waals surface area contributed by atoms with E-state index in [0.717, 1.165) is 16.1 Å². The first-order valence-corrected chi connectivity index (χ1v) is 9.32. The van der Waals surface area contributed by atoms with Gasteiger partial charge in [-0.1, -0.05) is 17.3 Å². The van der Waals surface area contributed by atoms with E-state index in [1.807, 2.05) is 19.1 Å². The van der Waals surface area contributed by atoms with Gasteiger partial charge in [0.15, 0.2) is 5.13 Å². The van der Waals surface area contributed by atoms with Gasteiger partial charge in [-0.25, -0.2) is 14.8 Å². The van der Waals surface area contributed by atoms with E-state index in [2.05, 4.69) is 42.4 Å². The van der Waals surface area contributed by atoms with Gasteiger partial charge in [-0.2, -0.15) is 0 Å². The molecule has 3 aromatic heterocycles. The molecule has 2 amide bonds. The Morgan fingerprint density at radius 3 is 2.75 bits per heavy atom. The largest absolute Gasteiger partial charge is 0.337 e. The number of rotatable bonds is 4. The van der Waals surface area contributed by atoms with Gasteiger partial charge in [0.25, 0.3) is 5.56 Å². The number of aryl methyl sites for hydroxylation is 2. The highest BCUT2D eigenvalue weighted by atomic mass is 32.1. The molecule has 0 saturated carbocycles. The zero-order chi connectivity index (χ0) is 19.9. The summed E-state index contributed by atoms with van der Waals surface area (Å²) >= 11 is 1.31. The molecule has 0 radical (unpaired) electrons. The Morgan fingerprint density at radius 1 is 1.21 bits per heavy atom. The topological polar surface area (TPSA) is 113 Å². The maximum absolute atomic E-state index is 12.0. The molecule has 0 unspecified atom stereocenters. The molecule has 142 valence electrons. The zero-order valence-corrected chi connectivity index (χ0v) is 16.2. The van der Waals surface area contributed by atoms with Crippen LogP contribution in [-0.2, 0) is 6.42 Å². The number of hydrogen-bond donors (Lipinski definition) is 3. The average Bonchev–Trinajstić information content (AvgIpc) is 2.99. The number of carbonyl (C=O) groups excluding carboxylic acids is 1. The van der Waals surface area contributed by atoms with Crippen molar-refractivity contribution in [2.45, 2.75) is 20.3 Å². The third-order valence-corrected chi connectivity index (χ3v) is 4.57. The summed E-state index contributed by atoms with van der Waals surface area (Å²) in [5, 5.41) is 5.88. The van der Waals surface area contributed by atoms with Crippen LogP contribution in [0.25, 0.3) is 0 Å². The van der Waals surface area contributed by atoms with Crippen molar-refractivity contribution in [2.75, 3.05) is 11.9 Å². The second-order valence-corrected chi connectivity index (χ2v) is 6.88. The Bertz CT molecular complexity index is 1090. The third kappa shape index (κ3) is 5.49. The molecular formula is C19H18N6O2S. The molecule has 3 rings (SSSR count). The van der Waals surface area contributed by atoms with E-state index in [0.29, 0.717) is 29.6 Å². The van der Waals surface area contributed by atoms with E-state index in [1.54, 1.807) is 19.3 Å². The summed E-state index contributed by atoms with van der Waals surface area (Å²) in [5.41, 5.74) is 2.05. The summed E-state index contributed by atoms with van der Waals surface area (Å²) in [4.78, 5) is 39.4. The van der Waals surface area contributed by atoms with Gasteiger partial charge in [0.2, 0.25) is 0 Å². The number of hydrogen-bond acceptors (Lipinski definition) is 6. The number of urea groups is 1. The molecule has 0 saturated heterocycles. The highest BCUT2D eigenvalue weighted by molar-refractivity contribution is 7.16. The number of thiazole rings is 1. The SMILES string of the molecule is Cc1cc(=O)[nH]c(CCNC(=O)Nc2nc(C)c(C#Cc3ccncc3)s2)n1. The molecule has 9 heteroatoms. The van der Waals surface area contributed by atoms with Gasteiger partial charge < -0.3 is 10.3 Å². The first-order valence-electron chi connectivity index (χ1n) is 8.51. The lowest BCUT2D eigenvalue weighted by molar-refractivity contribution is 0.252. The zero-order valence-electron chi connectivity index (χ0n) is 15.4. The van der Waals surface area contributed by atoms with Gasteiger partial charge >= 0.3 is 6.03 Å². The lowest BCUT2D eigenvalue weighted by Crippen LogP contribution is -2.31. The average molecular weight is 394 g/mol. The van der Waals surface area contributed by atoms with Crippen LogP contribution < -0.4 is 16.2 Å². The fourth-order valence-corrected chi connectivity index (χ4v) is 3.14. The van der Waals surface area contributed by atoms with E-state index in [9.17, 15) is 9.59 Å². The van der Waals surface area contributed by atoms with Crippen molar-refractivity contribution in [3.05, 3.63) is 68.6 Å². The number of anilines is 1. The van der Waals surface area contributed by atoms with Crippen LogP contribution in [0.5, 0.6) is 0 Å². The Hall–Kier alpha value is -3.51. The quantitative estimate of drug-likeness (QED) is 0.586. The second-order valence-electron chi connectivity index (χ2n) is 5.88. The van der Waals surface area contributed by atoms with Crippen molar-refractivity contribution in [2.24, 2.45) is 0 Å². The predicted molar refractivity (Wildman–Crippen MR) is 107 cm³/mol. The first-order chi connectivity index (χ1) is 13.5. The first kappa shape index (κ1) is 19.3. The predicted octanol–water partition coefficient (Wildman–Crippen LogP) is 2.00. The number of pyridine rings is 1. The fraction of sp³-hybridized carbons (Fsp3) is 0.211. The molecule has 0 spiro atoms. The molecule has 3 aromatic rings. The van der Waals surface area contributed by atoms with Crippen molar-refractivity contribution in [3.8, 4) is 11.8 Å². The summed E-state index contributed by atoms with van der Waals surface area (Å²) in [6, 6.07) is 4.69. The normalized spacial score (nSPS) is 10.1. The van der Waals surface area contributed by atoms with Crippen LogP contribution in [0.3, 0.4) is 0 Å². The van der Waals surface area contributed by atoms with Crippen molar-refractivity contribution >= 4 is 22.5 Å². The summed E-state index contributed by atoms with van der Waals surface area (Å²) < 4.78 is 0. The van der Waals surface area contributed by atoms with Gasteiger partial charge in [0, 0.05) is 42.7 Å². The molecule has 8 nitrogen and oxygen atoms in total. The van der Waals surface area contributed by atoms with Gasteiger partial charge in [-0.15, -0.1) is 0 Å². The molecule has 0 bridgehead atoms. The minimum Gasteiger partial charge on any atom is -0.337 e. The molecule has 0 atom stereocenters. The number of aromatic amines is 1. The Balaban J connectivity index is 1.54. The molecule has 0 aliphatic carbocycles. The minimum atomic E-state index is -0.377. The molecule has 0 aliphatic heterocycles. The molecular weight excluding hydrogens is 376 g/mol. The number of aromatic nitrogens is 4. The summed E-state index contributed by atoms with van der Waals surface area (Å²) in [5.74, 6) is 6.64. The maximum Gasteiger partial charge on any atom is 0.321 e. The molecule has 3 heterocycles. The van der Waals surface area contributed by atoms with Crippen molar-refractivity contribution in [1.82, 2.24) is 25.3 Å². The number of amides is 2. The van der Waals surface area contributed by atoms with Gasteiger partial charge in [-0.05, 0) is 31.9 Å². The maximum atomic E-state index is 12.0. The lowest BCUT2D eigenvalue weighted by atomic mass is 10.2. The summed E-state index contributed by atoms with van der Waals surface area (Å²) in [7, 11) is 0. The molecule has 0 fully saturated rings. The fourth-order valence-electron chi connectivity index (χ4n) is 2.33. The number of carbonyl (C=O) groups is 1. The van der Waals surface area contributed by atoms with E-state index in [4.69, 9.17) is 0 Å². The Labute approximate surface area is 165 Å². The van der Waals surface area contributed by atoms with E-state index >= 15 is 0 Å². The van der Waals surface area contributed by atoms with Crippen LogP contribution in [-0.4, -0.2) is 32.5 Å². The molecule has 3 N–H and O–H groups in total. The van der Waals surface area contributed by atoms with E-state index in [1.165, 1.54) is 17.4 Å². The van der Waals surface area contributed by atoms with E-state index < -0.39 is 0 Å². The van der Waals surface area contributed by atoms with Crippen LogP contribution in [0, 0.1) is 25.7 Å². The summed E-state index contributed by atoms with van der Waals surface area (Å²) in [6.07, 6.45) is 3.79. The van der Waals surface area contributed by atoms with Crippen LogP contribution in [0.15, 0.2) is 35.4 Å². The lowest BCUT2D eigenvalue weighted by Gasteiger charge is -2.05. The number of H-pyrrole nitrogens is 1. The monoisotopic (exact) mass is 394 g/mol. The molecule has 0 aromatic carbocycles. The van der Waals surface area contributed by atoms with Gasteiger partial charge in [-0.3, -0.25) is 15.1 Å². The van der Waals surface area contributed by atoms with Crippen LogP contribution >= 0.6 is 11.3 Å². The minimum absolute atomic E-state index is 0.203. The van der Waals surface area contributed by atoms with Crippen molar-refractivity contribution < 1.29 is 4.79 Å². The Morgan fingerprint density at radius 2 is 2.00 bits per heavy atom. The Kier molecular flexibility index (Phi) is 6.14. The smallest absolute Gasteiger partial charge is 0.321 e. The van der Waals surface area contributed by atoms with Crippen LogP contribution in [0.4, 0.5) is 9.93 Å². The summed E-state index contributed by atoms with van der Waals surface area (Å²) in [6.45, 7) is 3.92. The van der Waals surface area contributed by atoms with E-state index in [-0.39, 0.29) is 11.6 Å². The van der Waals surface area contributed by atoms with Gasteiger partial charge in [0.1, 0.15) is 10.7 Å².